The van der Waals surface area contributed by atoms with Gasteiger partial charge >= 0.3 is 6.09 Å². The summed E-state index contributed by atoms with van der Waals surface area (Å²) in [5.74, 6) is 1.77. The molecule has 1 N–H and O–H groups in total. The number of ether oxygens (including phenoxy) is 1. The van der Waals surface area contributed by atoms with Crippen LogP contribution in [0, 0.1) is 5.92 Å². The summed E-state index contributed by atoms with van der Waals surface area (Å²) in [6.45, 7) is 9.87. The molecule has 2 atom stereocenters. The summed E-state index contributed by atoms with van der Waals surface area (Å²) in [4.78, 5) is 18.5. The highest BCUT2D eigenvalue weighted by Crippen LogP contribution is 2.22. The first-order valence-corrected chi connectivity index (χ1v) is 8.61. The van der Waals surface area contributed by atoms with E-state index in [4.69, 9.17) is 4.74 Å². The third-order valence-electron chi connectivity index (χ3n) is 4.29. The Morgan fingerprint density at radius 1 is 1.27 bits per heavy atom. The first kappa shape index (κ1) is 17.1. The van der Waals surface area contributed by atoms with Crippen LogP contribution in [0.25, 0.3) is 0 Å². The zero-order valence-electron chi connectivity index (χ0n) is 14.5. The van der Waals surface area contributed by atoms with Gasteiger partial charge in [-0.3, -0.25) is 9.89 Å². The summed E-state index contributed by atoms with van der Waals surface area (Å²) >= 11 is 0. The molecule has 1 aliphatic heterocycles. The van der Waals surface area contributed by atoms with Crippen molar-refractivity contribution in [3.8, 4) is 0 Å². The van der Waals surface area contributed by atoms with E-state index in [-0.39, 0.29) is 6.09 Å². The van der Waals surface area contributed by atoms with Crippen LogP contribution in [0.15, 0.2) is 4.99 Å². The number of amides is 1. The Bertz CT molecular complexity index is 415. The van der Waals surface area contributed by atoms with Crippen LogP contribution in [-0.4, -0.2) is 48.1 Å². The maximum absolute atomic E-state index is 12.2. The van der Waals surface area contributed by atoms with E-state index in [9.17, 15) is 4.79 Å². The molecule has 2 rings (SSSR count). The zero-order valence-corrected chi connectivity index (χ0v) is 14.5. The van der Waals surface area contributed by atoms with E-state index in [1.165, 1.54) is 32.1 Å². The molecule has 1 amide bonds. The van der Waals surface area contributed by atoms with Crippen LogP contribution < -0.4 is 5.32 Å². The summed E-state index contributed by atoms with van der Waals surface area (Å²) < 4.78 is 5.45. The van der Waals surface area contributed by atoms with Gasteiger partial charge in [-0.1, -0.05) is 19.8 Å². The van der Waals surface area contributed by atoms with Gasteiger partial charge < -0.3 is 10.1 Å². The molecule has 0 radical (unpaired) electrons. The molecule has 5 heteroatoms. The molecule has 1 fully saturated rings. The number of amidine groups is 1. The molecule has 0 aromatic heterocycles. The van der Waals surface area contributed by atoms with Crippen LogP contribution in [0.3, 0.4) is 0 Å². The summed E-state index contributed by atoms with van der Waals surface area (Å²) in [5.41, 5.74) is -0.448. The molecule has 0 spiro atoms. The molecule has 5 nitrogen and oxygen atoms in total. The highest BCUT2D eigenvalue weighted by atomic mass is 16.6. The Morgan fingerprint density at radius 3 is 2.77 bits per heavy atom. The van der Waals surface area contributed by atoms with E-state index in [0.717, 1.165) is 11.8 Å². The van der Waals surface area contributed by atoms with E-state index in [2.05, 4.69) is 17.2 Å². The maximum Gasteiger partial charge on any atom is 0.410 e. The maximum atomic E-state index is 12.2. The fourth-order valence-corrected chi connectivity index (χ4v) is 3.06. The lowest BCUT2D eigenvalue weighted by Crippen LogP contribution is -2.49. The second-order valence-corrected chi connectivity index (χ2v) is 7.68. The molecule has 1 saturated carbocycles. The van der Waals surface area contributed by atoms with Crippen molar-refractivity contribution in [2.75, 3.05) is 19.6 Å². The van der Waals surface area contributed by atoms with E-state index in [1.807, 2.05) is 20.8 Å². The van der Waals surface area contributed by atoms with E-state index >= 15 is 0 Å². The van der Waals surface area contributed by atoms with Crippen LogP contribution in [0.1, 0.15) is 59.8 Å². The Kier molecular flexibility index (Phi) is 5.70. The zero-order chi connectivity index (χ0) is 16.2. The number of hydrogen-bond donors (Lipinski definition) is 1. The average molecular weight is 309 g/mol. The minimum absolute atomic E-state index is 0.240. The second kappa shape index (κ2) is 7.34. The van der Waals surface area contributed by atoms with Gasteiger partial charge in [0.25, 0.3) is 0 Å². The van der Waals surface area contributed by atoms with Crippen molar-refractivity contribution in [1.29, 1.82) is 0 Å². The average Bonchev–Trinajstić information content (AvgIpc) is 2.62. The van der Waals surface area contributed by atoms with Crippen LogP contribution in [-0.2, 0) is 4.74 Å². The van der Waals surface area contributed by atoms with Crippen LogP contribution in [0.2, 0.25) is 0 Å². The predicted molar refractivity (Wildman–Crippen MR) is 89.3 cm³/mol. The Hall–Kier alpha value is -1.26. The summed E-state index contributed by atoms with van der Waals surface area (Å²) in [6, 6.07) is 0.502. The third kappa shape index (κ3) is 5.50. The van der Waals surface area contributed by atoms with Gasteiger partial charge in [-0.25, -0.2) is 4.79 Å². The quantitative estimate of drug-likeness (QED) is 0.757. The summed E-state index contributed by atoms with van der Waals surface area (Å²) in [7, 11) is 0. The molecular formula is C17H31N3O2. The molecule has 0 bridgehead atoms. The number of nitrogens with one attached hydrogen (secondary N) is 1. The second-order valence-electron chi connectivity index (χ2n) is 7.68. The van der Waals surface area contributed by atoms with Gasteiger partial charge in [-0.2, -0.15) is 0 Å². The van der Waals surface area contributed by atoms with Crippen molar-refractivity contribution in [3.05, 3.63) is 0 Å². The lowest BCUT2D eigenvalue weighted by Gasteiger charge is -2.31. The number of aliphatic imine (C=N–C) groups is 1. The van der Waals surface area contributed by atoms with E-state index in [0.29, 0.717) is 25.7 Å². The lowest BCUT2D eigenvalue weighted by molar-refractivity contribution is 0.0276. The highest BCUT2D eigenvalue weighted by Gasteiger charge is 2.26. The first-order valence-electron chi connectivity index (χ1n) is 8.61. The minimum Gasteiger partial charge on any atom is -0.444 e. The molecule has 0 aromatic carbocycles. The number of carbonyl (C=O) groups is 1. The van der Waals surface area contributed by atoms with Crippen molar-refractivity contribution in [3.63, 3.8) is 0 Å². The van der Waals surface area contributed by atoms with Gasteiger partial charge in [-0.05, 0) is 46.0 Å². The van der Waals surface area contributed by atoms with Gasteiger partial charge in [0.15, 0.2) is 0 Å². The Morgan fingerprint density at radius 2 is 2.05 bits per heavy atom. The highest BCUT2D eigenvalue weighted by molar-refractivity contribution is 5.88. The normalized spacial score (nSPS) is 26.9. The smallest absolute Gasteiger partial charge is 0.410 e. The number of nitrogens with zero attached hydrogens (tertiary/aromatic N) is 2. The number of carbonyl (C=O) groups excluding carboxylic acids is 1. The topological polar surface area (TPSA) is 53.9 Å². The molecular weight excluding hydrogens is 278 g/mol. The van der Waals surface area contributed by atoms with Crippen LogP contribution in [0.5, 0.6) is 0 Å². The molecule has 1 aliphatic carbocycles. The molecule has 0 aromatic rings. The minimum atomic E-state index is -0.448. The molecule has 2 aliphatic rings. The molecule has 2 unspecified atom stereocenters. The summed E-state index contributed by atoms with van der Waals surface area (Å²) in [6.07, 6.45) is 6.05. The van der Waals surface area contributed by atoms with Gasteiger partial charge in [0.05, 0.1) is 13.1 Å². The third-order valence-corrected chi connectivity index (χ3v) is 4.29. The van der Waals surface area contributed by atoms with Crippen LogP contribution in [0.4, 0.5) is 4.79 Å². The largest absolute Gasteiger partial charge is 0.444 e. The SMILES string of the molecule is CC1CCCC(NC2=NCCN(C(=O)OC(C)(C)C)C2)CC1. The standard InChI is InChI=1S/C17H31N3O2/c1-13-6-5-7-14(9-8-13)19-15-12-20(11-10-18-15)16(21)22-17(2,3)4/h13-14H,5-12H2,1-4H3,(H,18,19). The fourth-order valence-electron chi connectivity index (χ4n) is 3.06. The summed E-state index contributed by atoms with van der Waals surface area (Å²) in [5, 5.41) is 3.57. The van der Waals surface area contributed by atoms with Gasteiger partial charge in [0.1, 0.15) is 11.4 Å². The number of hydrogen-bond acceptors (Lipinski definition) is 4. The Labute approximate surface area is 134 Å². The molecule has 1 heterocycles. The van der Waals surface area contributed by atoms with Crippen LogP contribution >= 0.6 is 0 Å². The van der Waals surface area contributed by atoms with Crippen molar-refractivity contribution < 1.29 is 9.53 Å². The van der Waals surface area contributed by atoms with Crippen molar-refractivity contribution >= 4 is 11.9 Å². The molecule has 22 heavy (non-hydrogen) atoms. The lowest BCUT2D eigenvalue weighted by atomic mass is 10.0. The molecule has 0 saturated heterocycles. The van der Waals surface area contributed by atoms with E-state index < -0.39 is 5.60 Å². The van der Waals surface area contributed by atoms with Crippen molar-refractivity contribution in [2.45, 2.75) is 71.4 Å². The van der Waals surface area contributed by atoms with Gasteiger partial charge in [0.2, 0.25) is 0 Å². The van der Waals surface area contributed by atoms with Gasteiger partial charge in [0, 0.05) is 12.6 Å². The van der Waals surface area contributed by atoms with Gasteiger partial charge in [-0.15, -0.1) is 0 Å². The van der Waals surface area contributed by atoms with Crippen molar-refractivity contribution in [2.24, 2.45) is 10.9 Å². The molecule has 126 valence electrons. The number of rotatable bonds is 1. The predicted octanol–water partition coefficient (Wildman–Crippen LogP) is 3.19. The van der Waals surface area contributed by atoms with Crippen molar-refractivity contribution in [1.82, 2.24) is 10.2 Å². The first-order chi connectivity index (χ1) is 10.3. The Balaban J connectivity index is 1.85. The fraction of sp³-hybridized carbons (Fsp3) is 0.882. The van der Waals surface area contributed by atoms with E-state index in [1.54, 1.807) is 4.90 Å². The monoisotopic (exact) mass is 309 g/mol.